The number of piperidine rings is 1. The Hall–Kier alpha value is -2.20. The first-order valence-corrected chi connectivity index (χ1v) is 10.8. The van der Waals surface area contributed by atoms with Crippen LogP contribution in [0.25, 0.3) is 0 Å². The van der Waals surface area contributed by atoms with Gasteiger partial charge in [-0.15, -0.1) is 0 Å². The Kier molecular flexibility index (Phi) is 5.73. The van der Waals surface area contributed by atoms with Crippen molar-refractivity contribution in [3.05, 3.63) is 71.0 Å². The average Bonchev–Trinajstić information content (AvgIpc) is 2.98. The Bertz CT molecular complexity index is 853. The lowest BCUT2D eigenvalue weighted by Crippen LogP contribution is -2.41. The molecule has 1 aliphatic carbocycles. The summed E-state index contributed by atoms with van der Waals surface area (Å²) in [5.74, 6) is 0.292. The van der Waals surface area contributed by atoms with Crippen LogP contribution in [-0.4, -0.2) is 29.9 Å². The van der Waals surface area contributed by atoms with Gasteiger partial charge in [0.05, 0.1) is 0 Å². The van der Waals surface area contributed by atoms with Crippen molar-refractivity contribution >= 4 is 5.91 Å². The molecule has 2 aliphatic rings. The Labute approximate surface area is 173 Å². The van der Waals surface area contributed by atoms with E-state index in [2.05, 4.69) is 34.5 Å². The van der Waals surface area contributed by atoms with Crippen molar-refractivity contribution in [2.45, 2.75) is 63.5 Å². The monoisotopic (exact) mass is 394 g/mol. The van der Waals surface area contributed by atoms with Crippen LogP contribution in [0.3, 0.4) is 0 Å². The maximum atomic E-state index is 13.2. The summed E-state index contributed by atoms with van der Waals surface area (Å²) in [7, 11) is 0. The summed E-state index contributed by atoms with van der Waals surface area (Å²) in [6, 6.07) is 15.8. The molecule has 1 spiro atoms. The van der Waals surface area contributed by atoms with Crippen molar-refractivity contribution < 1.29 is 9.18 Å². The molecule has 1 fully saturated rings. The molecular formula is C25H31FN2O. The molecule has 0 aromatic heterocycles. The van der Waals surface area contributed by atoms with E-state index >= 15 is 0 Å². The normalized spacial score (nSPS) is 20.8. The second kappa shape index (κ2) is 8.27. The van der Waals surface area contributed by atoms with Crippen LogP contribution in [0.5, 0.6) is 0 Å². The van der Waals surface area contributed by atoms with Gasteiger partial charge in [-0.25, -0.2) is 4.39 Å². The Morgan fingerprint density at radius 2 is 1.83 bits per heavy atom. The number of nitrogens with zero attached hydrogens (tertiary/aromatic N) is 1. The fraction of sp³-hybridized carbons (Fsp3) is 0.480. The van der Waals surface area contributed by atoms with Crippen molar-refractivity contribution in [1.82, 2.24) is 10.2 Å². The predicted molar refractivity (Wildman–Crippen MR) is 114 cm³/mol. The third-order valence-electron chi connectivity index (χ3n) is 6.62. The largest absolute Gasteiger partial charge is 0.354 e. The van der Waals surface area contributed by atoms with Crippen LogP contribution in [0.2, 0.25) is 0 Å². The molecule has 29 heavy (non-hydrogen) atoms. The maximum Gasteiger partial charge on any atom is 0.220 e. The highest BCUT2D eigenvalue weighted by molar-refractivity contribution is 5.77. The zero-order valence-electron chi connectivity index (χ0n) is 17.5. The van der Waals surface area contributed by atoms with E-state index in [0.29, 0.717) is 12.3 Å². The average molecular weight is 395 g/mol. The van der Waals surface area contributed by atoms with E-state index in [1.165, 1.54) is 11.1 Å². The van der Waals surface area contributed by atoms with Crippen LogP contribution in [0.15, 0.2) is 48.5 Å². The second-order valence-corrected chi connectivity index (χ2v) is 9.10. The van der Waals surface area contributed by atoms with Crippen molar-refractivity contribution in [2.24, 2.45) is 0 Å². The van der Waals surface area contributed by atoms with E-state index < -0.39 is 0 Å². The maximum absolute atomic E-state index is 13.2. The minimum absolute atomic E-state index is 0.158. The molecule has 1 heterocycles. The van der Waals surface area contributed by atoms with E-state index in [4.69, 9.17) is 0 Å². The second-order valence-electron chi connectivity index (χ2n) is 9.10. The molecule has 1 aliphatic heterocycles. The minimum atomic E-state index is -0.179. The van der Waals surface area contributed by atoms with Crippen LogP contribution < -0.4 is 5.32 Å². The summed E-state index contributed by atoms with van der Waals surface area (Å²) < 4.78 is 13.2. The van der Waals surface area contributed by atoms with Gasteiger partial charge in [0.15, 0.2) is 0 Å². The number of fused-ring (bicyclic) bond motifs is 2. The highest BCUT2D eigenvalue weighted by Gasteiger charge is 2.45. The lowest BCUT2D eigenvalue weighted by atomic mass is 9.73. The van der Waals surface area contributed by atoms with Gasteiger partial charge in [-0.3, -0.25) is 9.69 Å². The van der Waals surface area contributed by atoms with Crippen molar-refractivity contribution in [2.75, 3.05) is 13.1 Å². The van der Waals surface area contributed by atoms with Crippen molar-refractivity contribution in [1.29, 1.82) is 0 Å². The zero-order chi connectivity index (χ0) is 20.4. The molecule has 0 saturated carbocycles. The van der Waals surface area contributed by atoms with E-state index in [0.717, 1.165) is 44.5 Å². The first kappa shape index (κ1) is 20.1. The molecule has 1 amide bonds. The van der Waals surface area contributed by atoms with Gasteiger partial charge in [0.2, 0.25) is 5.91 Å². The van der Waals surface area contributed by atoms with Crippen molar-refractivity contribution in [3.8, 4) is 0 Å². The SMILES string of the molecule is CC(C)NC(=O)CC1CC2(CCN(Cc3ccc(F)cc3)CC2)c2ccccc21. The number of benzene rings is 2. The minimum Gasteiger partial charge on any atom is -0.354 e. The number of halogens is 1. The molecule has 3 nitrogen and oxygen atoms in total. The van der Waals surface area contributed by atoms with Gasteiger partial charge < -0.3 is 5.32 Å². The molecule has 2 aromatic carbocycles. The first-order valence-electron chi connectivity index (χ1n) is 10.8. The van der Waals surface area contributed by atoms with Crippen LogP contribution in [-0.2, 0) is 16.8 Å². The smallest absolute Gasteiger partial charge is 0.220 e. The van der Waals surface area contributed by atoms with E-state index in [-0.39, 0.29) is 23.2 Å². The molecule has 1 atom stereocenters. The number of likely N-dealkylation sites (tertiary alicyclic amines) is 1. The molecule has 4 rings (SSSR count). The van der Waals surface area contributed by atoms with Gasteiger partial charge in [0.1, 0.15) is 5.82 Å². The summed E-state index contributed by atoms with van der Waals surface area (Å²) in [4.78, 5) is 14.9. The van der Waals surface area contributed by atoms with Gasteiger partial charge in [0.25, 0.3) is 0 Å². The van der Waals surface area contributed by atoms with Gasteiger partial charge >= 0.3 is 0 Å². The molecule has 1 saturated heterocycles. The fourth-order valence-electron chi connectivity index (χ4n) is 5.28. The zero-order valence-corrected chi connectivity index (χ0v) is 17.5. The molecule has 0 radical (unpaired) electrons. The lowest BCUT2D eigenvalue weighted by molar-refractivity contribution is -0.122. The topological polar surface area (TPSA) is 32.3 Å². The van der Waals surface area contributed by atoms with Gasteiger partial charge in [-0.05, 0) is 86.4 Å². The number of rotatable bonds is 5. The van der Waals surface area contributed by atoms with Gasteiger partial charge in [-0.1, -0.05) is 36.4 Å². The number of carbonyl (C=O) groups excluding carboxylic acids is 1. The first-order chi connectivity index (χ1) is 13.9. The van der Waals surface area contributed by atoms with E-state index in [1.807, 2.05) is 26.0 Å². The third kappa shape index (κ3) is 4.37. The van der Waals surface area contributed by atoms with Gasteiger partial charge in [0, 0.05) is 19.0 Å². The Morgan fingerprint density at radius 1 is 1.14 bits per heavy atom. The molecule has 2 aromatic rings. The van der Waals surface area contributed by atoms with E-state index in [1.54, 1.807) is 12.1 Å². The highest BCUT2D eigenvalue weighted by Crippen LogP contribution is 2.52. The highest BCUT2D eigenvalue weighted by atomic mass is 19.1. The molecule has 154 valence electrons. The van der Waals surface area contributed by atoms with Crippen LogP contribution in [0.1, 0.15) is 62.1 Å². The predicted octanol–water partition coefficient (Wildman–Crippen LogP) is 4.76. The van der Waals surface area contributed by atoms with Crippen LogP contribution in [0.4, 0.5) is 4.39 Å². The summed E-state index contributed by atoms with van der Waals surface area (Å²) in [5.41, 5.74) is 4.19. The lowest BCUT2D eigenvalue weighted by Gasteiger charge is -2.40. The summed E-state index contributed by atoms with van der Waals surface area (Å²) in [5, 5.41) is 3.06. The molecule has 1 N–H and O–H groups in total. The van der Waals surface area contributed by atoms with Crippen LogP contribution in [0, 0.1) is 5.82 Å². The van der Waals surface area contributed by atoms with E-state index in [9.17, 15) is 9.18 Å². The Balaban J connectivity index is 1.44. The van der Waals surface area contributed by atoms with Crippen molar-refractivity contribution in [3.63, 3.8) is 0 Å². The molecule has 0 bridgehead atoms. The number of carbonyl (C=O) groups is 1. The molecule has 4 heteroatoms. The number of hydrogen-bond acceptors (Lipinski definition) is 2. The molecule has 1 unspecified atom stereocenters. The quantitative estimate of drug-likeness (QED) is 0.793. The summed E-state index contributed by atoms with van der Waals surface area (Å²) in [6.07, 6.45) is 3.89. The fourth-order valence-corrected chi connectivity index (χ4v) is 5.28. The third-order valence-corrected chi connectivity index (χ3v) is 6.62. The Morgan fingerprint density at radius 3 is 2.52 bits per heavy atom. The van der Waals surface area contributed by atoms with Crippen LogP contribution >= 0.6 is 0 Å². The standard InChI is InChI=1S/C25H31FN2O/c1-18(2)27-24(29)15-20-16-25(23-6-4-3-5-22(20)23)11-13-28(14-12-25)17-19-7-9-21(26)10-8-19/h3-10,18,20H,11-17H2,1-2H3,(H,27,29). The number of amides is 1. The summed E-state index contributed by atoms with van der Waals surface area (Å²) in [6.45, 7) is 6.98. The summed E-state index contributed by atoms with van der Waals surface area (Å²) >= 11 is 0. The number of nitrogens with one attached hydrogen (secondary N) is 1. The van der Waals surface area contributed by atoms with Gasteiger partial charge in [-0.2, -0.15) is 0 Å². The molecular weight excluding hydrogens is 363 g/mol. The number of hydrogen-bond donors (Lipinski definition) is 1.